The van der Waals surface area contributed by atoms with E-state index in [9.17, 15) is 5.11 Å². The number of aryl methyl sites for hydroxylation is 3. The molecule has 0 atom stereocenters. The van der Waals surface area contributed by atoms with Crippen LogP contribution in [0.15, 0.2) is 36.4 Å². The summed E-state index contributed by atoms with van der Waals surface area (Å²) in [6, 6.07) is 12.6. The zero-order valence-corrected chi connectivity index (χ0v) is 12.8. The minimum absolute atomic E-state index is 0.0125. The summed E-state index contributed by atoms with van der Waals surface area (Å²) in [7, 11) is 0. The molecule has 21 heavy (non-hydrogen) atoms. The van der Waals surface area contributed by atoms with Crippen LogP contribution in [0, 0.1) is 20.8 Å². The number of imidazole rings is 1. The van der Waals surface area contributed by atoms with E-state index in [4.69, 9.17) is 0 Å². The van der Waals surface area contributed by atoms with Gasteiger partial charge in [0.25, 0.3) is 5.82 Å². The first kappa shape index (κ1) is 13.8. The van der Waals surface area contributed by atoms with E-state index in [1.54, 1.807) is 0 Å². The Morgan fingerprint density at radius 3 is 2.38 bits per heavy atom. The minimum atomic E-state index is 0.0125. The van der Waals surface area contributed by atoms with Crippen molar-refractivity contribution >= 4 is 11.0 Å². The number of aromatic amines is 1. The fourth-order valence-electron chi connectivity index (χ4n) is 3.11. The van der Waals surface area contributed by atoms with Gasteiger partial charge in [-0.05, 0) is 49.6 Å². The van der Waals surface area contributed by atoms with Crippen LogP contribution in [0.5, 0.6) is 0 Å². The summed E-state index contributed by atoms with van der Waals surface area (Å²) in [6.07, 6.45) is 0. The lowest BCUT2D eigenvalue weighted by molar-refractivity contribution is -0.672. The van der Waals surface area contributed by atoms with Crippen LogP contribution in [0.1, 0.15) is 28.1 Å². The Morgan fingerprint density at radius 1 is 1.05 bits per heavy atom. The second-order valence-corrected chi connectivity index (χ2v) is 5.71. The molecule has 3 rings (SSSR count). The maximum atomic E-state index is 9.63. The Hall–Kier alpha value is -2.13. The third-order valence-electron chi connectivity index (χ3n) is 4.11. The maximum Gasteiger partial charge on any atom is 0.281 e. The molecule has 0 bridgehead atoms. The summed E-state index contributed by atoms with van der Waals surface area (Å²) < 4.78 is 2.17. The van der Waals surface area contributed by atoms with Crippen molar-refractivity contribution in [2.24, 2.45) is 0 Å². The number of para-hydroxylation sites is 2. The lowest BCUT2D eigenvalue weighted by Gasteiger charge is -2.10. The van der Waals surface area contributed by atoms with Crippen molar-refractivity contribution in [2.75, 3.05) is 0 Å². The highest BCUT2D eigenvalue weighted by molar-refractivity contribution is 5.71. The Kier molecular flexibility index (Phi) is 3.52. The Bertz CT molecular complexity index is 779. The number of hydrogen-bond donors (Lipinski definition) is 2. The summed E-state index contributed by atoms with van der Waals surface area (Å²) >= 11 is 0. The van der Waals surface area contributed by atoms with Gasteiger partial charge in [-0.3, -0.25) is 0 Å². The molecule has 0 amide bonds. The fourth-order valence-corrected chi connectivity index (χ4v) is 3.11. The average molecular weight is 281 g/mol. The Morgan fingerprint density at radius 2 is 1.71 bits per heavy atom. The molecule has 0 fully saturated rings. The number of nitrogens with zero attached hydrogens (tertiary/aromatic N) is 1. The molecule has 0 aliphatic rings. The second kappa shape index (κ2) is 5.34. The van der Waals surface area contributed by atoms with Crippen LogP contribution >= 0.6 is 0 Å². The van der Waals surface area contributed by atoms with Crippen molar-refractivity contribution in [3.05, 3.63) is 64.5 Å². The van der Waals surface area contributed by atoms with Gasteiger partial charge in [0.2, 0.25) is 0 Å². The van der Waals surface area contributed by atoms with Crippen LogP contribution in [-0.2, 0) is 13.2 Å². The number of benzene rings is 2. The van der Waals surface area contributed by atoms with Gasteiger partial charge in [-0.15, -0.1) is 0 Å². The van der Waals surface area contributed by atoms with Gasteiger partial charge in [0, 0.05) is 0 Å². The van der Waals surface area contributed by atoms with E-state index in [1.807, 2.05) is 18.2 Å². The van der Waals surface area contributed by atoms with Gasteiger partial charge < -0.3 is 5.11 Å². The first-order chi connectivity index (χ1) is 10.1. The quantitative estimate of drug-likeness (QED) is 0.712. The van der Waals surface area contributed by atoms with E-state index in [0.717, 1.165) is 23.4 Å². The molecule has 3 nitrogen and oxygen atoms in total. The number of fused-ring (bicyclic) bond motifs is 1. The van der Waals surface area contributed by atoms with Crippen LogP contribution in [0.3, 0.4) is 0 Å². The maximum absolute atomic E-state index is 9.63. The number of rotatable bonds is 3. The van der Waals surface area contributed by atoms with E-state index in [2.05, 4.69) is 48.5 Å². The molecule has 108 valence electrons. The average Bonchev–Trinajstić information content (AvgIpc) is 2.80. The van der Waals surface area contributed by atoms with E-state index in [-0.39, 0.29) is 6.61 Å². The molecule has 2 N–H and O–H groups in total. The largest absolute Gasteiger partial charge is 0.384 e. The van der Waals surface area contributed by atoms with Gasteiger partial charge in [0.15, 0.2) is 11.0 Å². The van der Waals surface area contributed by atoms with Gasteiger partial charge in [-0.1, -0.05) is 29.8 Å². The molecule has 0 unspecified atom stereocenters. The van der Waals surface area contributed by atoms with E-state index in [0.29, 0.717) is 0 Å². The molecule has 1 heterocycles. The number of nitrogens with one attached hydrogen (secondary N) is 1. The normalized spacial score (nSPS) is 11.2. The molecule has 0 spiro atoms. The SMILES string of the molecule is Cc1cc(C)c(C[n+]2c(CO)[nH]c3ccccc32)c(C)c1. The highest BCUT2D eigenvalue weighted by Gasteiger charge is 2.19. The van der Waals surface area contributed by atoms with E-state index < -0.39 is 0 Å². The van der Waals surface area contributed by atoms with Gasteiger partial charge >= 0.3 is 0 Å². The van der Waals surface area contributed by atoms with Crippen LogP contribution < -0.4 is 4.57 Å². The van der Waals surface area contributed by atoms with Crippen molar-refractivity contribution in [1.82, 2.24) is 4.98 Å². The van der Waals surface area contributed by atoms with Crippen molar-refractivity contribution in [2.45, 2.75) is 33.9 Å². The Labute approximate surface area is 124 Å². The molecule has 0 saturated carbocycles. The molecule has 0 aliphatic heterocycles. The summed E-state index contributed by atoms with van der Waals surface area (Å²) in [5.74, 6) is 0.843. The van der Waals surface area contributed by atoms with Crippen molar-refractivity contribution in [3.8, 4) is 0 Å². The summed E-state index contributed by atoms with van der Waals surface area (Å²) in [6.45, 7) is 7.23. The molecule has 3 heteroatoms. The van der Waals surface area contributed by atoms with E-state index in [1.165, 1.54) is 22.3 Å². The number of aromatic nitrogens is 2. The predicted molar refractivity (Wildman–Crippen MR) is 84.2 cm³/mol. The Balaban J connectivity index is 2.14. The number of hydrogen-bond acceptors (Lipinski definition) is 1. The number of aliphatic hydroxyl groups excluding tert-OH is 1. The summed E-state index contributed by atoms with van der Waals surface area (Å²) in [4.78, 5) is 3.30. The monoisotopic (exact) mass is 281 g/mol. The molecule has 0 aliphatic carbocycles. The van der Waals surface area contributed by atoms with Gasteiger partial charge in [-0.2, -0.15) is 0 Å². The van der Waals surface area contributed by atoms with Crippen LogP contribution in [0.2, 0.25) is 0 Å². The van der Waals surface area contributed by atoms with Gasteiger partial charge in [0.05, 0.1) is 0 Å². The van der Waals surface area contributed by atoms with Crippen molar-refractivity contribution in [3.63, 3.8) is 0 Å². The van der Waals surface area contributed by atoms with E-state index >= 15 is 0 Å². The van der Waals surface area contributed by atoms with Crippen LogP contribution in [0.4, 0.5) is 0 Å². The summed E-state index contributed by atoms with van der Waals surface area (Å²) in [5, 5.41) is 9.63. The minimum Gasteiger partial charge on any atom is -0.384 e. The molecule has 0 radical (unpaired) electrons. The van der Waals surface area contributed by atoms with Crippen LogP contribution in [-0.4, -0.2) is 10.1 Å². The first-order valence-electron chi connectivity index (χ1n) is 7.27. The highest BCUT2D eigenvalue weighted by atomic mass is 16.3. The molecular weight excluding hydrogens is 260 g/mol. The van der Waals surface area contributed by atoms with Crippen molar-refractivity contribution in [1.29, 1.82) is 0 Å². The third kappa shape index (κ3) is 2.45. The van der Waals surface area contributed by atoms with Gasteiger partial charge in [0.1, 0.15) is 13.2 Å². The lowest BCUT2D eigenvalue weighted by atomic mass is 10.00. The molecule has 2 aromatic carbocycles. The number of H-pyrrole nitrogens is 1. The standard InChI is InChI=1S/C18H20N2O/c1-12-8-13(2)15(14(3)9-12)10-20-17-7-5-4-6-16(17)19-18(20)11-21/h4-9,21H,10-11H2,1-3H3/p+1. The van der Waals surface area contributed by atoms with Crippen LogP contribution in [0.25, 0.3) is 11.0 Å². The third-order valence-corrected chi connectivity index (χ3v) is 4.11. The molecular formula is C18H21N2O+. The highest BCUT2D eigenvalue weighted by Crippen LogP contribution is 2.18. The zero-order valence-electron chi connectivity index (χ0n) is 12.8. The second-order valence-electron chi connectivity index (χ2n) is 5.71. The predicted octanol–water partition coefficient (Wildman–Crippen LogP) is 2.92. The smallest absolute Gasteiger partial charge is 0.281 e. The number of aliphatic hydroxyl groups is 1. The topological polar surface area (TPSA) is 39.9 Å². The van der Waals surface area contributed by atoms with Gasteiger partial charge in [-0.25, -0.2) is 9.55 Å². The molecule has 3 aromatic rings. The molecule has 0 saturated heterocycles. The van der Waals surface area contributed by atoms with Crippen molar-refractivity contribution < 1.29 is 9.67 Å². The summed E-state index contributed by atoms with van der Waals surface area (Å²) in [5.41, 5.74) is 7.40. The first-order valence-corrected chi connectivity index (χ1v) is 7.27. The lowest BCUT2D eigenvalue weighted by Crippen LogP contribution is -2.38. The fraction of sp³-hybridized carbons (Fsp3) is 0.278. The molecule has 1 aromatic heterocycles. The zero-order chi connectivity index (χ0) is 15.0.